The van der Waals surface area contributed by atoms with E-state index in [0.29, 0.717) is 15.2 Å². The van der Waals surface area contributed by atoms with Crippen LogP contribution >= 0.6 is 35.4 Å². The molecule has 3 N–H and O–H groups in total. The number of hydrogen-bond acceptors (Lipinski definition) is 1. The van der Waals surface area contributed by atoms with Gasteiger partial charge >= 0.3 is 0 Å². The van der Waals surface area contributed by atoms with Gasteiger partial charge in [0.05, 0.1) is 10.7 Å². The van der Waals surface area contributed by atoms with Gasteiger partial charge in [-0.05, 0) is 61.5 Å². The van der Waals surface area contributed by atoms with Gasteiger partial charge in [-0.1, -0.05) is 34.8 Å². The maximum absolute atomic E-state index is 6.13. The lowest BCUT2D eigenvalue weighted by Crippen LogP contribution is -2.30. The van der Waals surface area contributed by atoms with Gasteiger partial charge in [-0.25, -0.2) is 0 Å². The molecular weight excluding hydrogens is 361 g/mol. The van der Waals surface area contributed by atoms with Crippen LogP contribution < -0.4 is 10.6 Å². The number of fused-ring (bicyclic) bond motifs is 1. The summed E-state index contributed by atoms with van der Waals surface area (Å²) in [5, 5.41) is 9.23. The number of benzene rings is 2. The van der Waals surface area contributed by atoms with E-state index in [2.05, 4.69) is 46.9 Å². The van der Waals surface area contributed by atoms with Crippen molar-refractivity contribution in [1.82, 2.24) is 10.3 Å². The standard InChI is InChI=1S/C18H17Cl2N3S/c1-11-2-4-16-14(8-11)12(10-22-16)6-7-21-18(24)23-17-5-3-13(19)9-15(17)20/h2-5,8-10,22H,6-7H2,1H3,(H2,21,23,24). The Morgan fingerprint density at radius 1 is 1.17 bits per heavy atom. The van der Waals surface area contributed by atoms with Crippen LogP contribution in [-0.4, -0.2) is 16.6 Å². The number of aromatic nitrogens is 1. The predicted octanol–water partition coefficient (Wildman–Crippen LogP) is 5.31. The summed E-state index contributed by atoms with van der Waals surface area (Å²) >= 11 is 17.3. The molecule has 3 nitrogen and oxygen atoms in total. The molecule has 0 bridgehead atoms. The molecule has 3 rings (SSSR count). The summed E-state index contributed by atoms with van der Waals surface area (Å²) in [6.45, 7) is 2.83. The molecule has 124 valence electrons. The molecule has 0 aliphatic heterocycles. The zero-order valence-electron chi connectivity index (χ0n) is 13.1. The molecule has 0 amide bonds. The maximum Gasteiger partial charge on any atom is 0.170 e. The van der Waals surface area contributed by atoms with E-state index in [0.717, 1.165) is 24.2 Å². The number of H-pyrrole nitrogens is 1. The van der Waals surface area contributed by atoms with Gasteiger partial charge in [0.25, 0.3) is 0 Å². The molecule has 0 saturated carbocycles. The van der Waals surface area contributed by atoms with Crippen molar-refractivity contribution in [3.63, 3.8) is 0 Å². The number of anilines is 1. The number of aromatic amines is 1. The van der Waals surface area contributed by atoms with E-state index in [9.17, 15) is 0 Å². The number of thiocarbonyl (C=S) groups is 1. The van der Waals surface area contributed by atoms with Crippen molar-refractivity contribution in [3.05, 3.63) is 63.8 Å². The molecule has 0 atom stereocenters. The summed E-state index contributed by atoms with van der Waals surface area (Å²) in [6, 6.07) is 11.7. The zero-order chi connectivity index (χ0) is 17.1. The van der Waals surface area contributed by atoms with Gasteiger partial charge in [0.2, 0.25) is 0 Å². The first kappa shape index (κ1) is 17.1. The van der Waals surface area contributed by atoms with Gasteiger partial charge in [-0.15, -0.1) is 0 Å². The molecule has 0 aliphatic carbocycles. The van der Waals surface area contributed by atoms with Crippen LogP contribution in [0.5, 0.6) is 0 Å². The van der Waals surface area contributed by atoms with Crippen LogP contribution in [0.2, 0.25) is 10.0 Å². The van der Waals surface area contributed by atoms with E-state index in [1.54, 1.807) is 18.2 Å². The van der Waals surface area contributed by atoms with Crippen LogP contribution in [0.25, 0.3) is 10.9 Å². The van der Waals surface area contributed by atoms with Crippen molar-refractivity contribution in [2.45, 2.75) is 13.3 Å². The Morgan fingerprint density at radius 3 is 2.79 bits per heavy atom. The molecule has 1 heterocycles. The second kappa shape index (κ2) is 7.43. The Kier molecular flexibility index (Phi) is 5.29. The first-order valence-electron chi connectivity index (χ1n) is 7.59. The number of rotatable bonds is 4. The fraction of sp³-hybridized carbons (Fsp3) is 0.167. The maximum atomic E-state index is 6.13. The zero-order valence-corrected chi connectivity index (χ0v) is 15.4. The molecular formula is C18H17Cl2N3S. The van der Waals surface area contributed by atoms with E-state index in [4.69, 9.17) is 35.4 Å². The topological polar surface area (TPSA) is 39.9 Å². The van der Waals surface area contributed by atoms with Crippen molar-refractivity contribution >= 4 is 57.1 Å². The minimum Gasteiger partial charge on any atom is -0.362 e. The smallest absolute Gasteiger partial charge is 0.170 e. The minimum atomic E-state index is 0.537. The van der Waals surface area contributed by atoms with Crippen molar-refractivity contribution in [2.24, 2.45) is 0 Å². The Morgan fingerprint density at radius 2 is 2.00 bits per heavy atom. The molecule has 0 fully saturated rings. The van der Waals surface area contributed by atoms with E-state index >= 15 is 0 Å². The number of hydrogen-bond donors (Lipinski definition) is 3. The molecule has 0 radical (unpaired) electrons. The summed E-state index contributed by atoms with van der Waals surface area (Å²) in [5.41, 5.74) is 4.42. The van der Waals surface area contributed by atoms with Crippen LogP contribution in [0.1, 0.15) is 11.1 Å². The molecule has 0 aliphatic rings. The summed E-state index contributed by atoms with van der Waals surface area (Å²) in [5.74, 6) is 0. The highest BCUT2D eigenvalue weighted by atomic mass is 35.5. The Hall–Kier alpha value is -1.75. The molecule has 3 aromatic rings. The largest absolute Gasteiger partial charge is 0.362 e. The third-order valence-corrected chi connectivity index (χ3v) is 4.58. The van der Waals surface area contributed by atoms with Crippen LogP contribution in [0, 0.1) is 6.92 Å². The van der Waals surface area contributed by atoms with E-state index in [1.165, 1.54) is 16.5 Å². The van der Waals surface area contributed by atoms with Crippen molar-refractivity contribution in [3.8, 4) is 0 Å². The molecule has 1 aromatic heterocycles. The normalized spacial score (nSPS) is 10.8. The highest BCUT2D eigenvalue weighted by Gasteiger charge is 2.06. The lowest BCUT2D eigenvalue weighted by atomic mass is 10.1. The molecule has 0 spiro atoms. The van der Waals surface area contributed by atoms with Crippen molar-refractivity contribution < 1.29 is 0 Å². The predicted molar refractivity (Wildman–Crippen MR) is 107 cm³/mol. The average molecular weight is 378 g/mol. The van der Waals surface area contributed by atoms with Gasteiger partial charge < -0.3 is 15.6 Å². The van der Waals surface area contributed by atoms with E-state index < -0.39 is 0 Å². The van der Waals surface area contributed by atoms with E-state index in [1.807, 2.05) is 0 Å². The highest BCUT2D eigenvalue weighted by molar-refractivity contribution is 7.80. The van der Waals surface area contributed by atoms with Crippen molar-refractivity contribution in [2.75, 3.05) is 11.9 Å². The SMILES string of the molecule is Cc1ccc2[nH]cc(CCNC(=S)Nc3ccc(Cl)cc3Cl)c2c1. The van der Waals surface area contributed by atoms with Gasteiger partial charge in [-0.3, -0.25) is 0 Å². The molecule has 2 aromatic carbocycles. The van der Waals surface area contributed by atoms with Gasteiger partial charge in [-0.2, -0.15) is 0 Å². The quantitative estimate of drug-likeness (QED) is 0.539. The Bertz CT molecular complexity index is 889. The van der Waals surface area contributed by atoms with Crippen molar-refractivity contribution in [1.29, 1.82) is 0 Å². The average Bonchev–Trinajstić information content (AvgIpc) is 2.92. The van der Waals surface area contributed by atoms with Gasteiger partial charge in [0.15, 0.2) is 5.11 Å². The first-order valence-corrected chi connectivity index (χ1v) is 8.76. The van der Waals surface area contributed by atoms with Crippen LogP contribution in [0.15, 0.2) is 42.6 Å². The number of aryl methyl sites for hydroxylation is 1. The second-order valence-corrected chi connectivity index (χ2v) is 6.87. The fourth-order valence-electron chi connectivity index (χ4n) is 2.57. The van der Waals surface area contributed by atoms with Crippen LogP contribution in [0.3, 0.4) is 0 Å². The van der Waals surface area contributed by atoms with Gasteiger partial charge in [0.1, 0.15) is 0 Å². The third-order valence-electron chi connectivity index (χ3n) is 3.78. The summed E-state index contributed by atoms with van der Waals surface area (Å²) < 4.78 is 0. The minimum absolute atomic E-state index is 0.537. The lowest BCUT2D eigenvalue weighted by Gasteiger charge is -2.11. The number of nitrogens with one attached hydrogen (secondary N) is 3. The number of halogens is 2. The molecule has 6 heteroatoms. The molecule has 0 unspecified atom stereocenters. The summed E-state index contributed by atoms with van der Waals surface area (Å²) in [7, 11) is 0. The monoisotopic (exact) mass is 377 g/mol. The molecule has 24 heavy (non-hydrogen) atoms. The highest BCUT2D eigenvalue weighted by Crippen LogP contribution is 2.25. The van der Waals surface area contributed by atoms with Crippen LogP contribution in [0.4, 0.5) is 5.69 Å². The summed E-state index contributed by atoms with van der Waals surface area (Å²) in [4.78, 5) is 3.30. The third kappa shape index (κ3) is 4.01. The van der Waals surface area contributed by atoms with Crippen LogP contribution in [-0.2, 0) is 6.42 Å². The van der Waals surface area contributed by atoms with E-state index in [-0.39, 0.29) is 0 Å². The first-order chi connectivity index (χ1) is 11.5. The molecule has 0 saturated heterocycles. The lowest BCUT2D eigenvalue weighted by molar-refractivity contribution is 0.878. The van der Waals surface area contributed by atoms with Gasteiger partial charge in [0, 0.05) is 28.7 Å². The second-order valence-electron chi connectivity index (χ2n) is 5.62. The Labute approximate surface area is 156 Å². The fourth-order valence-corrected chi connectivity index (χ4v) is 3.23. The Balaban J connectivity index is 1.57. The summed E-state index contributed by atoms with van der Waals surface area (Å²) in [6.07, 6.45) is 2.93.